The van der Waals surface area contributed by atoms with E-state index in [2.05, 4.69) is 36.1 Å². The standard InChI is InChI=1S/C19H29NO/c1-15-6-5-13-20(15)18-11-9-17(10-12-18)19(21)14-16-7-3-2-4-8-16/h9-12,15-16,19,21H,2-8,13-14H2,1H3. The molecule has 1 aromatic carbocycles. The Bertz CT molecular complexity index is 435. The SMILES string of the molecule is CC1CCCN1c1ccc(C(O)CC2CCCCC2)cc1. The molecule has 2 heteroatoms. The van der Waals surface area contributed by atoms with Crippen LogP contribution < -0.4 is 4.90 Å². The van der Waals surface area contributed by atoms with Crippen LogP contribution in [0.15, 0.2) is 24.3 Å². The van der Waals surface area contributed by atoms with Crippen molar-refractivity contribution in [2.45, 2.75) is 70.4 Å². The van der Waals surface area contributed by atoms with Crippen LogP contribution in [0.4, 0.5) is 5.69 Å². The number of aliphatic hydroxyl groups is 1. The van der Waals surface area contributed by atoms with E-state index in [9.17, 15) is 5.11 Å². The van der Waals surface area contributed by atoms with E-state index in [0.29, 0.717) is 6.04 Å². The number of hydrogen-bond donors (Lipinski definition) is 1. The highest BCUT2D eigenvalue weighted by Crippen LogP contribution is 2.33. The Morgan fingerprint density at radius 2 is 1.76 bits per heavy atom. The smallest absolute Gasteiger partial charge is 0.0792 e. The monoisotopic (exact) mass is 287 g/mol. The van der Waals surface area contributed by atoms with E-state index in [4.69, 9.17) is 0 Å². The van der Waals surface area contributed by atoms with Gasteiger partial charge in [0.15, 0.2) is 0 Å². The Kier molecular flexibility index (Phi) is 4.84. The van der Waals surface area contributed by atoms with Crippen molar-refractivity contribution in [2.75, 3.05) is 11.4 Å². The summed E-state index contributed by atoms with van der Waals surface area (Å²) < 4.78 is 0. The molecule has 2 unspecified atom stereocenters. The van der Waals surface area contributed by atoms with Crippen LogP contribution in [0.1, 0.15) is 70.0 Å². The summed E-state index contributed by atoms with van der Waals surface area (Å²) in [5, 5.41) is 10.5. The topological polar surface area (TPSA) is 23.5 Å². The second kappa shape index (κ2) is 6.83. The molecule has 1 saturated heterocycles. The average Bonchev–Trinajstić information content (AvgIpc) is 2.94. The van der Waals surface area contributed by atoms with Gasteiger partial charge >= 0.3 is 0 Å². The van der Waals surface area contributed by atoms with Crippen LogP contribution >= 0.6 is 0 Å². The molecule has 2 aliphatic rings. The third-order valence-electron chi connectivity index (χ3n) is 5.44. The van der Waals surface area contributed by atoms with Crippen LogP contribution in [-0.2, 0) is 0 Å². The minimum atomic E-state index is -0.279. The summed E-state index contributed by atoms with van der Waals surface area (Å²) >= 11 is 0. The van der Waals surface area contributed by atoms with Crippen LogP contribution in [0.2, 0.25) is 0 Å². The van der Waals surface area contributed by atoms with Crippen LogP contribution in [0.5, 0.6) is 0 Å². The molecule has 0 amide bonds. The summed E-state index contributed by atoms with van der Waals surface area (Å²) in [6.07, 6.45) is 9.96. The minimum absolute atomic E-state index is 0.279. The first-order valence-electron chi connectivity index (χ1n) is 8.78. The molecule has 1 aliphatic carbocycles. The van der Waals surface area contributed by atoms with Gasteiger partial charge in [0.2, 0.25) is 0 Å². The van der Waals surface area contributed by atoms with E-state index >= 15 is 0 Å². The van der Waals surface area contributed by atoms with Gasteiger partial charge in [-0.3, -0.25) is 0 Å². The Balaban J connectivity index is 1.60. The number of rotatable bonds is 4. The van der Waals surface area contributed by atoms with Crippen molar-refractivity contribution < 1.29 is 5.11 Å². The third-order valence-corrected chi connectivity index (χ3v) is 5.44. The van der Waals surface area contributed by atoms with Crippen molar-refractivity contribution in [1.82, 2.24) is 0 Å². The second-order valence-corrected chi connectivity index (χ2v) is 7.03. The number of hydrogen-bond acceptors (Lipinski definition) is 2. The van der Waals surface area contributed by atoms with E-state index in [1.54, 1.807) is 0 Å². The molecule has 1 aliphatic heterocycles. The quantitative estimate of drug-likeness (QED) is 0.869. The van der Waals surface area contributed by atoms with Gasteiger partial charge < -0.3 is 10.0 Å². The van der Waals surface area contributed by atoms with Gasteiger partial charge in [-0.25, -0.2) is 0 Å². The molecule has 21 heavy (non-hydrogen) atoms. The van der Waals surface area contributed by atoms with Crippen molar-refractivity contribution in [1.29, 1.82) is 0 Å². The number of benzene rings is 1. The zero-order valence-corrected chi connectivity index (χ0v) is 13.3. The van der Waals surface area contributed by atoms with Crippen molar-refractivity contribution in [2.24, 2.45) is 5.92 Å². The first kappa shape index (κ1) is 14.9. The summed E-state index contributed by atoms with van der Waals surface area (Å²) in [6, 6.07) is 9.31. The predicted octanol–water partition coefficient (Wildman–Crippen LogP) is 4.68. The first-order valence-corrected chi connectivity index (χ1v) is 8.78. The highest BCUT2D eigenvalue weighted by atomic mass is 16.3. The molecule has 1 N–H and O–H groups in total. The highest BCUT2D eigenvalue weighted by Gasteiger charge is 2.21. The fraction of sp³-hybridized carbons (Fsp3) is 0.684. The van der Waals surface area contributed by atoms with Gasteiger partial charge in [-0.05, 0) is 49.8 Å². The van der Waals surface area contributed by atoms with Crippen LogP contribution in [-0.4, -0.2) is 17.7 Å². The molecule has 0 radical (unpaired) electrons. The van der Waals surface area contributed by atoms with Crippen molar-refractivity contribution in [3.63, 3.8) is 0 Å². The van der Waals surface area contributed by atoms with Gasteiger partial charge in [-0.1, -0.05) is 44.2 Å². The zero-order chi connectivity index (χ0) is 14.7. The number of anilines is 1. The van der Waals surface area contributed by atoms with Crippen molar-refractivity contribution in [3.8, 4) is 0 Å². The Hall–Kier alpha value is -1.02. The largest absolute Gasteiger partial charge is 0.388 e. The predicted molar refractivity (Wildman–Crippen MR) is 88.6 cm³/mol. The Labute approximate surface area is 129 Å². The van der Waals surface area contributed by atoms with Gasteiger partial charge in [-0.2, -0.15) is 0 Å². The maximum absolute atomic E-state index is 10.5. The Morgan fingerprint density at radius 3 is 2.38 bits per heavy atom. The molecular formula is C19H29NO. The lowest BCUT2D eigenvalue weighted by atomic mass is 9.84. The number of nitrogens with zero attached hydrogens (tertiary/aromatic N) is 1. The normalized spacial score (nSPS) is 25.2. The minimum Gasteiger partial charge on any atom is -0.388 e. The van der Waals surface area contributed by atoms with E-state index in [-0.39, 0.29) is 6.10 Å². The summed E-state index contributed by atoms with van der Waals surface area (Å²) in [5.74, 6) is 0.729. The third kappa shape index (κ3) is 3.60. The zero-order valence-electron chi connectivity index (χ0n) is 13.3. The second-order valence-electron chi connectivity index (χ2n) is 7.03. The lowest BCUT2D eigenvalue weighted by Gasteiger charge is -2.26. The van der Waals surface area contributed by atoms with E-state index in [1.165, 1.54) is 57.2 Å². The first-order chi connectivity index (χ1) is 10.2. The molecule has 2 atom stereocenters. The maximum atomic E-state index is 10.5. The molecule has 2 fully saturated rings. The summed E-state index contributed by atoms with van der Waals surface area (Å²) in [6.45, 7) is 3.48. The molecule has 3 rings (SSSR count). The van der Waals surface area contributed by atoms with Crippen LogP contribution in [0.25, 0.3) is 0 Å². The van der Waals surface area contributed by atoms with Crippen molar-refractivity contribution in [3.05, 3.63) is 29.8 Å². The lowest BCUT2D eigenvalue weighted by Crippen LogP contribution is -2.26. The molecule has 1 aromatic rings. The molecule has 1 heterocycles. The van der Waals surface area contributed by atoms with Gasteiger partial charge in [0, 0.05) is 18.3 Å². The molecule has 0 spiro atoms. The molecule has 116 valence electrons. The van der Waals surface area contributed by atoms with E-state index in [1.807, 2.05) is 0 Å². The fourth-order valence-corrected chi connectivity index (χ4v) is 4.08. The number of aliphatic hydroxyl groups excluding tert-OH is 1. The van der Waals surface area contributed by atoms with Crippen molar-refractivity contribution >= 4 is 5.69 Å². The summed E-state index contributed by atoms with van der Waals surface area (Å²) in [5.41, 5.74) is 2.41. The fourth-order valence-electron chi connectivity index (χ4n) is 4.08. The van der Waals surface area contributed by atoms with Crippen LogP contribution in [0.3, 0.4) is 0 Å². The average molecular weight is 287 g/mol. The molecule has 0 bridgehead atoms. The molecule has 0 aromatic heterocycles. The van der Waals surface area contributed by atoms with Gasteiger partial charge in [0.25, 0.3) is 0 Å². The molecular weight excluding hydrogens is 258 g/mol. The highest BCUT2D eigenvalue weighted by molar-refractivity contribution is 5.49. The van der Waals surface area contributed by atoms with Gasteiger partial charge in [0.1, 0.15) is 0 Å². The van der Waals surface area contributed by atoms with E-state index < -0.39 is 0 Å². The van der Waals surface area contributed by atoms with E-state index in [0.717, 1.165) is 17.9 Å². The van der Waals surface area contributed by atoms with Gasteiger partial charge in [0.05, 0.1) is 6.10 Å². The summed E-state index contributed by atoms with van der Waals surface area (Å²) in [4.78, 5) is 2.48. The Morgan fingerprint density at radius 1 is 1.05 bits per heavy atom. The summed E-state index contributed by atoms with van der Waals surface area (Å²) in [7, 11) is 0. The van der Waals surface area contributed by atoms with Crippen LogP contribution in [0, 0.1) is 5.92 Å². The molecule has 1 saturated carbocycles. The lowest BCUT2D eigenvalue weighted by molar-refractivity contribution is 0.131. The maximum Gasteiger partial charge on any atom is 0.0792 e. The molecule has 2 nitrogen and oxygen atoms in total. The van der Waals surface area contributed by atoms with Gasteiger partial charge in [-0.15, -0.1) is 0 Å².